The lowest BCUT2D eigenvalue weighted by Crippen LogP contribution is -2.20. The van der Waals surface area contributed by atoms with E-state index < -0.39 is 0 Å². The van der Waals surface area contributed by atoms with Crippen molar-refractivity contribution in [3.05, 3.63) is 90.6 Å². The summed E-state index contributed by atoms with van der Waals surface area (Å²) >= 11 is 0. The zero-order valence-electron chi connectivity index (χ0n) is 19.4. The van der Waals surface area contributed by atoms with Gasteiger partial charge in [0.25, 0.3) is 0 Å². The fourth-order valence-electron chi connectivity index (χ4n) is 4.99. The molecule has 1 fully saturated rings. The Balaban J connectivity index is 1.51. The highest BCUT2D eigenvalue weighted by atomic mass is 14.9. The van der Waals surface area contributed by atoms with Gasteiger partial charge in [-0.2, -0.15) is 0 Å². The minimum absolute atomic E-state index is 0.509. The minimum Gasteiger partial charge on any atom is -0.349 e. The second-order valence-corrected chi connectivity index (χ2v) is 10.1. The van der Waals surface area contributed by atoms with Crippen LogP contribution in [0.4, 0.5) is 0 Å². The summed E-state index contributed by atoms with van der Waals surface area (Å²) in [6, 6.07) is 28.4. The molecule has 0 amide bonds. The van der Waals surface area contributed by atoms with Crippen molar-refractivity contribution in [2.24, 2.45) is 12.5 Å². The minimum atomic E-state index is 0.509. The molecule has 2 aromatic carbocycles. The van der Waals surface area contributed by atoms with Crippen LogP contribution in [0.3, 0.4) is 0 Å². The van der Waals surface area contributed by atoms with Gasteiger partial charge in [-0.25, -0.2) is 4.98 Å². The monoisotopic (exact) mass is 420 g/mol. The normalized spacial score (nSPS) is 16.2. The standard InChI is InChI=1S/C30H32N2/c1-30(2)17-15-24(16-18-30)22-11-13-23(14-12-22)26-20-27(25-8-5-4-6-9-25)31-28(21-26)29-10-7-19-32(29)3/h4-14,19-21,24H,15-18H2,1-3H3. The van der Waals surface area contributed by atoms with E-state index in [0.717, 1.165) is 22.6 Å². The third-order valence-electron chi connectivity index (χ3n) is 7.16. The van der Waals surface area contributed by atoms with Gasteiger partial charge in [-0.3, -0.25) is 0 Å². The maximum atomic E-state index is 5.02. The van der Waals surface area contributed by atoms with Gasteiger partial charge >= 0.3 is 0 Å². The number of hydrogen-bond donors (Lipinski definition) is 0. The third-order valence-corrected chi connectivity index (χ3v) is 7.16. The van der Waals surface area contributed by atoms with E-state index in [2.05, 4.69) is 111 Å². The van der Waals surface area contributed by atoms with Crippen LogP contribution in [0.1, 0.15) is 51.0 Å². The molecule has 0 unspecified atom stereocenters. The Hall–Kier alpha value is -3.13. The van der Waals surface area contributed by atoms with Crippen molar-refractivity contribution < 1.29 is 0 Å². The zero-order valence-corrected chi connectivity index (χ0v) is 19.4. The van der Waals surface area contributed by atoms with Crippen LogP contribution >= 0.6 is 0 Å². The van der Waals surface area contributed by atoms with Crippen LogP contribution in [0, 0.1) is 5.41 Å². The molecular weight excluding hydrogens is 388 g/mol. The Labute approximate surface area is 192 Å². The van der Waals surface area contributed by atoms with Crippen LogP contribution in [0.15, 0.2) is 85.1 Å². The summed E-state index contributed by atoms with van der Waals surface area (Å²) in [5.41, 5.74) is 8.76. The fraction of sp³-hybridized carbons (Fsp3) is 0.300. The topological polar surface area (TPSA) is 17.8 Å². The van der Waals surface area contributed by atoms with Gasteiger partial charge < -0.3 is 4.57 Å². The molecule has 0 spiro atoms. The van der Waals surface area contributed by atoms with E-state index in [4.69, 9.17) is 4.98 Å². The molecule has 0 radical (unpaired) electrons. The van der Waals surface area contributed by atoms with Crippen LogP contribution in [-0.4, -0.2) is 9.55 Å². The molecule has 2 heteroatoms. The van der Waals surface area contributed by atoms with Crippen LogP contribution in [0.5, 0.6) is 0 Å². The van der Waals surface area contributed by atoms with E-state index in [0.29, 0.717) is 11.3 Å². The maximum absolute atomic E-state index is 5.02. The summed E-state index contributed by atoms with van der Waals surface area (Å²) in [6.45, 7) is 4.81. The zero-order chi connectivity index (χ0) is 22.1. The summed E-state index contributed by atoms with van der Waals surface area (Å²) in [5, 5.41) is 0. The van der Waals surface area contributed by atoms with Crippen molar-refractivity contribution in [2.75, 3.05) is 0 Å². The molecule has 4 aromatic rings. The molecule has 1 aliphatic carbocycles. The number of benzene rings is 2. The van der Waals surface area contributed by atoms with Gasteiger partial charge in [-0.1, -0.05) is 68.4 Å². The lowest BCUT2D eigenvalue weighted by Gasteiger charge is -2.34. The average molecular weight is 421 g/mol. The smallest absolute Gasteiger partial charge is 0.0880 e. The molecule has 1 saturated carbocycles. The third kappa shape index (κ3) is 4.27. The maximum Gasteiger partial charge on any atom is 0.0880 e. The van der Waals surface area contributed by atoms with Gasteiger partial charge in [0.1, 0.15) is 0 Å². The first kappa shape index (κ1) is 20.8. The lowest BCUT2D eigenvalue weighted by molar-refractivity contribution is 0.224. The number of aryl methyl sites for hydroxylation is 1. The first-order chi connectivity index (χ1) is 15.5. The Morgan fingerprint density at radius 3 is 2.09 bits per heavy atom. The van der Waals surface area contributed by atoms with Crippen LogP contribution in [0.2, 0.25) is 0 Å². The number of aromatic nitrogens is 2. The number of nitrogens with zero attached hydrogens (tertiary/aromatic N) is 2. The second-order valence-electron chi connectivity index (χ2n) is 10.1. The van der Waals surface area contributed by atoms with Crippen LogP contribution < -0.4 is 0 Å². The van der Waals surface area contributed by atoms with Crippen molar-refractivity contribution >= 4 is 0 Å². The van der Waals surface area contributed by atoms with Crippen molar-refractivity contribution in [3.8, 4) is 33.8 Å². The fourth-order valence-corrected chi connectivity index (χ4v) is 4.99. The van der Waals surface area contributed by atoms with E-state index in [1.807, 2.05) is 0 Å². The Kier molecular flexibility index (Phi) is 5.46. The Morgan fingerprint density at radius 2 is 1.44 bits per heavy atom. The van der Waals surface area contributed by atoms with Gasteiger partial charge in [0.05, 0.1) is 17.1 Å². The molecule has 2 aromatic heterocycles. The van der Waals surface area contributed by atoms with Crippen LogP contribution in [0.25, 0.3) is 33.8 Å². The van der Waals surface area contributed by atoms with Crippen LogP contribution in [-0.2, 0) is 7.05 Å². The largest absolute Gasteiger partial charge is 0.349 e. The van der Waals surface area contributed by atoms with Crippen molar-refractivity contribution in [1.29, 1.82) is 0 Å². The van der Waals surface area contributed by atoms with E-state index >= 15 is 0 Å². The van der Waals surface area contributed by atoms with E-state index in [1.54, 1.807) is 0 Å². The van der Waals surface area contributed by atoms with Gasteiger partial charge in [0.15, 0.2) is 0 Å². The summed E-state index contributed by atoms with van der Waals surface area (Å²) < 4.78 is 2.13. The highest BCUT2D eigenvalue weighted by Crippen LogP contribution is 2.42. The van der Waals surface area contributed by atoms with E-state index in [9.17, 15) is 0 Å². The van der Waals surface area contributed by atoms with Gasteiger partial charge in [0.2, 0.25) is 0 Å². The lowest BCUT2D eigenvalue weighted by atomic mass is 9.71. The molecule has 0 bridgehead atoms. The number of rotatable bonds is 4. The molecule has 1 aliphatic rings. The molecular formula is C30H32N2. The summed E-state index contributed by atoms with van der Waals surface area (Å²) in [5.74, 6) is 0.702. The van der Waals surface area contributed by atoms with E-state index in [-0.39, 0.29) is 0 Å². The second kappa shape index (κ2) is 8.43. The molecule has 2 nitrogen and oxygen atoms in total. The predicted octanol–water partition coefficient (Wildman–Crippen LogP) is 8.10. The Morgan fingerprint density at radius 1 is 0.750 bits per heavy atom. The molecule has 0 N–H and O–H groups in total. The van der Waals surface area contributed by atoms with Crippen molar-refractivity contribution in [3.63, 3.8) is 0 Å². The molecule has 5 rings (SSSR count). The SMILES string of the molecule is Cn1cccc1-c1cc(-c2ccc(C3CCC(C)(C)CC3)cc2)cc(-c2ccccc2)n1. The van der Waals surface area contributed by atoms with Crippen molar-refractivity contribution in [2.45, 2.75) is 45.4 Å². The summed E-state index contributed by atoms with van der Waals surface area (Å²) in [6.07, 6.45) is 7.33. The summed E-state index contributed by atoms with van der Waals surface area (Å²) in [4.78, 5) is 5.02. The highest BCUT2D eigenvalue weighted by Gasteiger charge is 2.27. The first-order valence-electron chi connectivity index (χ1n) is 11.8. The van der Waals surface area contributed by atoms with Gasteiger partial charge in [-0.05, 0) is 78.0 Å². The predicted molar refractivity (Wildman–Crippen MR) is 135 cm³/mol. The number of pyridine rings is 1. The molecule has 0 atom stereocenters. The van der Waals surface area contributed by atoms with Gasteiger partial charge in [0, 0.05) is 18.8 Å². The molecule has 0 saturated heterocycles. The van der Waals surface area contributed by atoms with E-state index in [1.165, 1.54) is 42.4 Å². The van der Waals surface area contributed by atoms with Crippen molar-refractivity contribution in [1.82, 2.24) is 9.55 Å². The summed E-state index contributed by atoms with van der Waals surface area (Å²) in [7, 11) is 2.08. The first-order valence-corrected chi connectivity index (χ1v) is 11.8. The molecule has 162 valence electrons. The average Bonchev–Trinajstić information content (AvgIpc) is 3.25. The molecule has 0 aliphatic heterocycles. The molecule has 2 heterocycles. The Bertz CT molecular complexity index is 1190. The number of hydrogen-bond acceptors (Lipinski definition) is 1. The molecule has 32 heavy (non-hydrogen) atoms. The highest BCUT2D eigenvalue weighted by molar-refractivity contribution is 5.76. The van der Waals surface area contributed by atoms with Gasteiger partial charge in [-0.15, -0.1) is 0 Å². The quantitative estimate of drug-likeness (QED) is 0.326.